The number of piperazine rings is 1. The van der Waals surface area contributed by atoms with Crippen molar-refractivity contribution in [3.8, 4) is 10.7 Å². The number of aromatic nitrogens is 2. The van der Waals surface area contributed by atoms with E-state index < -0.39 is 10.0 Å². The number of carbonyl (C=O) groups excluding carboxylic acids is 2. The van der Waals surface area contributed by atoms with E-state index in [4.69, 9.17) is 0 Å². The minimum Gasteiger partial charge on any atom is -0.351 e. The van der Waals surface area contributed by atoms with Crippen LogP contribution in [0.5, 0.6) is 0 Å². The van der Waals surface area contributed by atoms with Gasteiger partial charge < -0.3 is 14.8 Å². The zero-order valence-corrected chi connectivity index (χ0v) is 21.5. The Morgan fingerprint density at radius 2 is 2.06 bits per heavy atom. The third-order valence-corrected chi connectivity index (χ3v) is 10.1. The number of thiazole rings is 1. The van der Waals surface area contributed by atoms with Crippen LogP contribution in [-0.2, 0) is 26.2 Å². The van der Waals surface area contributed by atoms with Crippen LogP contribution in [0.15, 0.2) is 52.2 Å². The van der Waals surface area contributed by atoms with Crippen LogP contribution in [0, 0.1) is 0 Å². The number of rotatable bonds is 6. The van der Waals surface area contributed by atoms with E-state index in [0.717, 1.165) is 21.0 Å². The van der Waals surface area contributed by atoms with Gasteiger partial charge in [0.05, 0.1) is 30.0 Å². The summed E-state index contributed by atoms with van der Waals surface area (Å²) in [6.07, 6.45) is 1.75. The standard InChI is InChI=1S/C23H23N5O4S3/c1-15(29)27-8-9-28(20(30)14-27)13-17-12-24-23(34-17)18-11-16-5-3-6-19(22(16)25-18)26(2)35(31,32)21-7-4-10-33-21/h3-7,10-12,25H,8-9,13-14H2,1-2H3. The molecular formula is C23H23N5O4S3. The van der Waals surface area contributed by atoms with Crippen molar-refractivity contribution >= 4 is 61.1 Å². The van der Waals surface area contributed by atoms with E-state index in [0.29, 0.717) is 30.8 Å². The van der Waals surface area contributed by atoms with Gasteiger partial charge in [0.25, 0.3) is 10.0 Å². The van der Waals surface area contributed by atoms with Gasteiger partial charge >= 0.3 is 0 Å². The number of nitrogens with one attached hydrogen (secondary N) is 1. The first-order valence-corrected chi connectivity index (χ1v) is 14.0. The Balaban J connectivity index is 1.38. The molecule has 182 valence electrons. The molecule has 2 amide bonds. The molecule has 4 heterocycles. The number of aromatic amines is 1. The number of amides is 2. The van der Waals surface area contributed by atoms with Crippen LogP contribution in [0.1, 0.15) is 11.8 Å². The Bertz CT molecular complexity index is 1510. The first-order chi connectivity index (χ1) is 16.7. The molecule has 1 N–H and O–H groups in total. The summed E-state index contributed by atoms with van der Waals surface area (Å²) in [5.74, 6) is -0.170. The van der Waals surface area contributed by atoms with E-state index in [-0.39, 0.29) is 22.6 Å². The van der Waals surface area contributed by atoms with Crippen LogP contribution in [0.4, 0.5) is 5.69 Å². The molecular weight excluding hydrogens is 506 g/mol. The van der Waals surface area contributed by atoms with Gasteiger partial charge in [-0.3, -0.25) is 13.9 Å². The van der Waals surface area contributed by atoms with Gasteiger partial charge in [0.1, 0.15) is 9.22 Å². The molecule has 1 aliphatic rings. The van der Waals surface area contributed by atoms with Crippen LogP contribution in [-0.4, -0.2) is 66.7 Å². The largest absolute Gasteiger partial charge is 0.351 e. The van der Waals surface area contributed by atoms with E-state index in [1.165, 1.54) is 33.9 Å². The molecule has 0 radical (unpaired) electrons. The number of para-hydroxylation sites is 1. The van der Waals surface area contributed by atoms with Crippen molar-refractivity contribution < 1.29 is 18.0 Å². The lowest BCUT2D eigenvalue weighted by Crippen LogP contribution is -2.51. The zero-order chi connectivity index (χ0) is 24.7. The fourth-order valence-electron chi connectivity index (χ4n) is 4.03. The number of carbonyl (C=O) groups is 2. The summed E-state index contributed by atoms with van der Waals surface area (Å²) >= 11 is 2.66. The smallest absolute Gasteiger partial charge is 0.273 e. The second-order valence-electron chi connectivity index (χ2n) is 8.22. The average molecular weight is 530 g/mol. The first kappa shape index (κ1) is 23.5. The average Bonchev–Trinajstić information content (AvgIpc) is 3.59. The van der Waals surface area contributed by atoms with Crippen molar-refractivity contribution in [2.24, 2.45) is 0 Å². The highest BCUT2D eigenvalue weighted by Gasteiger charge is 2.27. The molecule has 1 fully saturated rings. The van der Waals surface area contributed by atoms with Crippen molar-refractivity contribution in [2.45, 2.75) is 17.7 Å². The summed E-state index contributed by atoms with van der Waals surface area (Å²) in [4.78, 5) is 36.1. The van der Waals surface area contributed by atoms with Gasteiger partial charge in [0.15, 0.2) is 0 Å². The van der Waals surface area contributed by atoms with Gasteiger partial charge in [-0.25, -0.2) is 13.4 Å². The fourth-order valence-corrected chi connectivity index (χ4v) is 7.30. The summed E-state index contributed by atoms with van der Waals surface area (Å²) in [5.41, 5.74) is 2.03. The van der Waals surface area contributed by atoms with Crippen molar-refractivity contribution in [3.05, 3.63) is 52.9 Å². The number of thiophene rings is 1. The molecule has 0 bridgehead atoms. The lowest BCUT2D eigenvalue weighted by Gasteiger charge is -2.33. The third-order valence-electron chi connectivity index (χ3n) is 5.98. The molecule has 5 rings (SSSR count). The normalized spacial score (nSPS) is 14.6. The summed E-state index contributed by atoms with van der Waals surface area (Å²) in [6, 6.07) is 10.8. The molecule has 1 saturated heterocycles. The summed E-state index contributed by atoms with van der Waals surface area (Å²) < 4.78 is 27.7. The molecule has 0 saturated carbocycles. The van der Waals surface area contributed by atoms with Gasteiger partial charge in [-0.15, -0.1) is 22.7 Å². The highest BCUT2D eigenvalue weighted by Crippen LogP contribution is 2.35. The second kappa shape index (κ2) is 9.10. The van der Waals surface area contributed by atoms with E-state index in [1.807, 2.05) is 18.2 Å². The highest BCUT2D eigenvalue weighted by molar-refractivity contribution is 7.94. The number of sulfonamides is 1. The van der Waals surface area contributed by atoms with Crippen LogP contribution in [0.3, 0.4) is 0 Å². The third kappa shape index (κ3) is 4.44. The topological polar surface area (TPSA) is 107 Å². The maximum absolute atomic E-state index is 13.0. The number of H-pyrrole nitrogens is 1. The summed E-state index contributed by atoms with van der Waals surface area (Å²) in [5, 5.41) is 3.36. The molecule has 4 aromatic rings. The van der Waals surface area contributed by atoms with Crippen molar-refractivity contribution in [1.82, 2.24) is 19.8 Å². The molecule has 1 aliphatic heterocycles. The lowest BCUT2D eigenvalue weighted by atomic mass is 10.2. The predicted molar refractivity (Wildman–Crippen MR) is 137 cm³/mol. The van der Waals surface area contributed by atoms with Crippen molar-refractivity contribution in [2.75, 3.05) is 31.0 Å². The number of hydrogen-bond acceptors (Lipinski definition) is 7. The van der Waals surface area contributed by atoms with Crippen LogP contribution in [0.2, 0.25) is 0 Å². The molecule has 0 atom stereocenters. The quantitative estimate of drug-likeness (QED) is 0.412. The van der Waals surface area contributed by atoms with Gasteiger partial charge in [-0.2, -0.15) is 0 Å². The monoisotopic (exact) mass is 529 g/mol. The van der Waals surface area contributed by atoms with Gasteiger partial charge in [0.2, 0.25) is 11.8 Å². The molecule has 35 heavy (non-hydrogen) atoms. The number of nitrogens with zero attached hydrogens (tertiary/aromatic N) is 4. The maximum atomic E-state index is 13.0. The zero-order valence-electron chi connectivity index (χ0n) is 19.1. The molecule has 0 spiro atoms. The van der Waals surface area contributed by atoms with E-state index in [2.05, 4.69) is 9.97 Å². The van der Waals surface area contributed by atoms with Gasteiger partial charge in [-0.1, -0.05) is 18.2 Å². The summed E-state index contributed by atoms with van der Waals surface area (Å²) in [7, 11) is -2.12. The van der Waals surface area contributed by atoms with E-state index in [9.17, 15) is 18.0 Å². The Labute approximate surface area is 210 Å². The first-order valence-electron chi connectivity index (χ1n) is 10.9. The van der Waals surface area contributed by atoms with E-state index >= 15 is 0 Å². The molecule has 3 aromatic heterocycles. The Hall–Kier alpha value is -3.22. The highest BCUT2D eigenvalue weighted by atomic mass is 32.2. The Morgan fingerprint density at radius 1 is 1.23 bits per heavy atom. The fraction of sp³-hybridized carbons (Fsp3) is 0.261. The summed E-state index contributed by atoms with van der Waals surface area (Å²) in [6.45, 7) is 3.04. The van der Waals surface area contributed by atoms with Gasteiger partial charge in [-0.05, 0) is 23.6 Å². The molecule has 9 nitrogen and oxygen atoms in total. The SMILES string of the molecule is CC(=O)N1CCN(Cc2cnc(-c3cc4cccc(N(C)S(=O)(=O)c5cccs5)c4[nH]3)s2)C(=O)C1. The number of benzene rings is 1. The van der Waals surface area contributed by atoms with Crippen LogP contribution in [0.25, 0.3) is 21.6 Å². The number of fused-ring (bicyclic) bond motifs is 1. The predicted octanol–water partition coefficient (Wildman–Crippen LogP) is 3.37. The van der Waals surface area contributed by atoms with E-state index in [1.54, 1.807) is 46.6 Å². The Morgan fingerprint density at radius 3 is 2.77 bits per heavy atom. The molecule has 1 aromatic carbocycles. The molecule has 0 unspecified atom stereocenters. The Kier molecular flexibility index (Phi) is 6.11. The number of hydrogen-bond donors (Lipinski definition) is 1. The minimum absolute atomic E-state index is 0.0772. The lowest BCUT2D eigenvalue weighted by molar-refractivity contribution is -0.144. The van der Waals surface area contributed by atoms with Crippen molar-refractivity contribution in [1.29, 1.82) is 0 Å². The van der Waals surface area contributed by atoms with Crippen LogP contribution < -0.4 is 4.31 Å². The molecule has 12 heteroatoms. The minimum atomic E-state index is -3.67. The van der Waals surface area contributed by atoms with Gasteiger partial charge in [0, 0.05) is 43.5 Å². The molecule has 0 aliphatic carbocycles. The second-order valence-corrected chi connectivity index (χ2v) is 12.5. The van der Waals surface area contributed by atoms with Crippen LogP contribution >= 0.6 is 22.7 Å². The maximum Gasteiger partial charge on any atom is 0.273 e. The van der Waals surface area contributed by atoms with Crippen molar-refractivity contribution in [3.63, 3.8) is 0 Å². The number of anilines is 1.